The van der Waals surface area contributed by atoms with E-state index in [2.05, 4.69) is 28.4 Å². The first kappa shape index (κ1) is 18.8. The maximum absolute atomic E-state index is 12.4. The zero-order chi connectivity index (χ0) is 18.2. The smallest absolute Gasteiger partial charge is 0.261 e. The predicted molar refractivity (Wildman–Crippen MR) is 103 cm³/mol. The number of likely N-dealkylation sites (N-methyl/N-ethyl adjacent to an activating group) is 1. The molecule has 4 heteroatoms. The molecule has 0 fully saturated rings. The van der Waals surface area contributed by atoms with E-state index in [1.54, 1.807) is 0 Å². The second-order valence-electron chi connectivity index (χ2n) is 6.33. The van der Waals surface area contributed by atoms with Crippen LogP contribution in [0.2, 0.25) is 0 Å². The van der Waals surface area contributed by atoms with E-state index in [0.717, 1.165) is 23.5 Å². The molecule has 0 unspecified atom stereocenters. The Balaban J connectivity index is 1.85. The summed E-state index contributed by atoms with van der Waals surface area (Å²) in [6.45, 7) is 7.34. The Kier molecular flexibility index (Phi) is 6.87. The molecule has 0 aliphatic carbocycles. The summed E-state index contributed by atoms with van der Waals surface area (Å²) in [5, 5.41) is 2.98. The average molecular weight is 340 g/mol. The van der Waals surface area contributed by atoms with Gasteiger partial charge in [0.05, 0.1) is 0 Å². The molecule has 0 aliphatic heterocycles. The molecule has 2 aromatic carbocycles. The van der Waals surface area contributed by atoms with Gasteiger partial charge in [0.25, 0.3) is 5.91 Å². The lowest BCUT2D eigenvalue weighted by Crippen LogP contribution is -2.41. The normalized spacial score (nSPS) is 11.7. The van der Waals surface area contributed by atoms with E-state index in [1.165, 1.54) is 5.56 Å². The molecule has 1 N–H and O–H groups in total. The van der Waals surface area contributed by atoms with Crippen molar-refractivity contribution in [1.29, 1.82) is 0 Å². The van der Waals surface area contributed by atoms with Gasteiger partial charge in [-0.25, -0.2) is 0 Å². The van der Waals surface area contributed by atoms with Crippen molar-refractivity contribution in [3.05, 3.63) is 59.7 Å². The average Bonchev–Trinajstić information content (AvgIpc) is 2.61. The van der Waals surface area contributed by atoms with Crippen LogP contribution in [0.3, 0.4) is 0 Å². The number of aryl methyl sites for hydroxylation is 2. The van der Waals surface area contributed by atoms with Gasteiger partial charge in [0.15, 0.2) is 6.10 Å². The third-order valence-electron chi connectivity index (χ3n) is 4.21. The first-order valence-corrected chi connectivity index (χ1v) is 8.79. The van der Waals surface area contributed by atoms with Crippen LogP contribution in [-0.2, 0) is 4.79 Å². The molecular weight excluding hydrogens is 312 g/mol. The van der Waals surface area contributed by atoms with Gasteiger partial charge in [-0.3, -0.25) is 4.79 Å². The molecule has 0 radical (unpaired) electrons. The van der Waals surface area contributed by atoms with Gasteiger partial charge in [-0.2, -0.15) is 0 Å². The van der Waals surface area contributed by atoms with Crippen LogP contribution < -0.4 is 15.0 Å². The number of nitrogens with one attached hydrogen (secondary N) is 1. The highest BCUT2D eigenvalue weighted by molar-refractivity contribution is 5.81. The molecule has 4 nitrogen and oxygen atoms in total. The minimum absolute atomic E-state index is 0.0658. The number of benzene rings is 2. The standard InChI is InChI=1S/C21H28N2O2/c1-5-19(25-20-12-11-16(2)15-17(20)3)21(24)22-13-14-23(4)18-9-7-6-8-10-18/h6-12,15,19H,5,13-14H2,1-4H3,(H,22,24)/t19-/m1/s1. The molecule has 1 atom stereocenters. The van der Waals surface area contributed by atoms with Gasteiger partial charge < -0.3 is 15.0 Å². The van der Waals surface area contributed by atoms with Crippen molar-refractivity contribution in [3.63, 3.8) is 0 Å². The van der Waals surface area contributed by atoms with Gasteiger partial charge in [-0.15, -0.1) is 0 Å². The molecule has 134 valence electrons. The van der Waals surface area contributed by atoms with Crippen LogP contribution in [0.15, 0.2) is 48.5 Å². The summed E-state index contributed by atoms with van der Waals surface area (Å²) in [7, 11) is 2.02. The Bertz CT molecular complexity index is 686. The largest absolute Gasteiger partial charge is 0.480 e. The quantitative estimate of drug-likeness (QED) is 0.796. The van der Waals surface area contributed by atoms with Gasteiger partial charge in [-0.05, 0) is 44.0 Å². The van der Waals surface area contributed by atoms with Gasteiger partial charge in [-0.1, -0.05) is 42.8 Å². The van der Waals surface area contributed by atoms with Crippen LogP contribution in [-0.4, -0.2) is 32.1 Å². The topological polar surface area (TPSA) is 41.6 Å². The highest BCUT2D eigenvalue weighted by Crippen LogP contribution is 2.21. The fourth-order valence-corrected chi connectivity index (χ4v) is 2.68. The van der Waals surface area contributed by atoms with Crippen molar-refractivity contribution in [3.8, 4) is 5.75 Å². The molecule has 2 rings (SSSR count). The first-order valence-electron chi connectivity index (χ1n) is 8.79. The molecule has 0 bridgehead atoms. The van der Waals surface area contributed by atoms with Crippen LogP contribution in [0, 0.1) is 13.8 Å². The number of carbonyl (C=O) groups is 1. The lowest BCUT2D eigenvalue weighted by molar-refractivity contribution is -0.128. The van der Waals surface area contributed by atoms with E-state index in [9.17, 15) is 4.79 Å². The number of carbonyl (C=O) groups excluding carboxylic acids is 1. The minimum Gasteiger partial charge on any atom is -0.480 e. The SMILES string of the molecule is CC[C@@H](Oc1ccc(C)cc1C)C(=O)NCCN(C)c1ccccc1. The van der Waals surface area contributed by atoms with E-state index in [-0.39, 0.29) is 5.91 Å². The van der Waals surface area contributed by atoms with E-state index in [0.29, 0.717) is 13.0 Å². The number of rotatable bonds is 8. The Hall–Kier alpha value is -2.49. The number of amides is 1. The van der Waals surface area contributed by atoms with Crippen LogP contribution in [0.5, 0.6) is 5.75 Å². The third-order valence-corrected chi connectivity index (χ3v) is 4.21. The lowest BCUT2D eigenvalue weighted by Gasteiger charge is -2.22. The van der Waals surface area contributed by atoms with E-state index in [4.69, 9.17) is 4.74 Å². The fraction of sp³-hybridized carbons (Fsp3) is 0.381. The summed E-state index contributed by atoms with van der Waals surface area (Å²) in [6.07, 6.45) is 0.164. The second kappa shape index (κ2) is 9.11. The van der Waals surface area contributed by atoms with Crippen molar-refractivity contribution >= 4 is 11.6 Å². The van der Waals surface area contributed by atoms with Crippen molar-refractivity contribution in [2.45, 2.75) is 33.3 Å². The second-order valence-corrected chi connectivity index (χ2v) is 6.33. The zero-order valence-corrected chi connectivity index (χ0v) is 15.6. The summed E-state index contributed by atoms with van der Waals surface area (Å²) in [5.41, 5.74) is 3.37. The van der Waals surface area contributed by atoms with Crippen molar-refractivity contribution in [2.75, 3.05) is 25.0 Å². The third kappa shape index (κ3) is 5.52. The summed E-state index contributed by atoms with van der Waals surface area (Å²) in [4.78, 5) is 14.5. The van der Waals surface area contributed by atoms with E-state index in [1.807, 2.05) is 58.2 Å². The highest BCUT2D eigenvalue weighted by atomic mass is 16.5. The Morgan fingerprint density at radius 1 is 1.16 bits per heavy atom. The molecular formula is C21H28N2O2. The molecule has 0 heterocycles. The number of hydrogen-bond donors (Lipinski definition) is 1. The zero-order valence-electron chi connectivity index (χ0n) is 15.6. The Labute approximate surface area is 150 Å². The van der Waals surface area contributed by atoms with Gasteiger partial charge in [0, 0.05) is 25.8 Å². The van der Waals surface area contributed by atoms with Crippen molar-refractivity contribution in [2.24, 2.45) is 0 Å². The molecule has 0 spiro atoms. The monoisotopic (exact) mass is 340 g/mol. The Morgan fingerprint density at radius 3 is 2.52 bits per heavy atom. The maximum Gasteiger partial charge on any atom is 0.261 e. The number of ether oxygens (including phenoxy) is 1. The van der Waals surface area contributed by atoms with Gasteiger partial charge >= 0.3 is 0 Å². The van der Waals surface area contributed by atoms with Gasteiger partial charge in [0.2, 0.25) is 0 Å². The van der Waals surface area contributed by atoms with Crippen LogP contribution in [0.25, 0.3) is 0 Å². The molecule has 0 aromatic heterocycles. The molecule has 0 saturated heterocycles. The molecule has 2 aromatic rings. The number of para-hydroxylation sites is 1. The molecule has 0 aliphatic rings. The number of anilines is 1. The van der Waals surface area contributed by atoms with Crippen LogP contribution in [0.1, 0.15) is 24.5 Å². The molecule has 1 amide bonds. The minimum atomic E-state index is -0.469. The summed E-state index contributed by atoms with van der Waals surface area (Å²) in [5.74, 6) is 0.706. The summed E-state index contributed by atoms with van der Waals surface area (Å²) in [6, 6.07) is 16.1. The summed E-state index contributed by atoms with van der Waals surface area (Å²) >= 11 is 0. The van der Waals surface area contributed by atoms with Crippen molar-refractivity contribution < 1.29 is 9.53 Å². The van der Waals surface area contributed by atoms with E-state index >= 15 is 0 Å². The van der Waals surface area contributed by atoms with Gasteiger partial charge in [0.1, 0.15) is 5.75 Å². The van der Waals surface area contributed by atoms with Crippen molar-refractivity contribution in [1.82, 2.24) is 5.32 Å². The van der Waals surface area contributed by atoms with Crippen LogP contribution >= 0.6 is 0 Å². The number of nitrogens with zero attached hydrogens (tertiary/aromatic N) is 1. The Morgan fingerprint density at radius 2 is 1.88 bits per heavy atom. The number of hydrogen-bond acceptors (Lipinski definition) is 3. The lowest BCUT2D eigenvalue weighted by atomic mass is 10.1. The maximum atomic E-state index is 12.4. The van der Waals surface area contributed by atoms with E-state index < -0.39 is 6.10 Å². The summed E-state index contributed by atoms with van der Waals surface area (Å²) < 4.78 is 5.93. The predicted octanol–water partition coefficient (Wildman–Crippen LogP) is 3.71. The first-order chi connectivity index (χ1) is 12.0. The molecule has 0 saturated carbocycles. The highest BCUT2D eigenvalue weighted by Gasteiger charge is 2.18. The molecule has 25 heavy (non-hydrogen) atoms. The fourth-order valence-electron chi connectivity index (χ4n) is 2.68. The van der Waals surface area contributed by atoms with Crippen LogP contribution in [0.4, 0.5) is 5.69 Å².